The summed E-state index contributed by atoms with van der Waals surface area (Å²) in [4.78, 5) is 33.2. The van der Waals surface area contributed by atoms with Crippen molar-refractivity contribution in [2.24, 2.45) is 0 Å². The molecule has 0 radical (unpaired) electrons. The Kier molecular flexibility index (Phi) is 6.52. The van der Waals surface area contributed by atoms with Crippen molar-refractivity contribution in [2.45, 2.75) is 26.0 Å². The molecule has 1 saturated heterocycles. The number of carbonyl (C=O) groups excluding carboxylic acids is 2. The largest absolute Gasteiger partial charge is 0.507 e. The van der Waals surface area contributed by atoms with Crippen molar-refractivity contribution in [1.82, 2.24) is 14.8 Å². The van der Waals surface area contributed by atoms with Gasteiger partial charge < -0.3 is 19.6 Å². The summed E-state index contributed by atoms with van der Waals surface area (Å²) in [6.45, 7) is 4.81. The van der Waals surface area contributed by atoms with Gasteiger partial charge in [0, 0.05) is 31.0 Å². The molecular weight excluding hydrogens is 382 g/mol. The molecule has 0 unspecified atom stereocenters. The molecule has 7 heteroatoms. The second-order valence-corrected chi connectivity index (χ2v) is 7.77. The Morgan fingerprint density at radius 2 is 1.77 bits per heavy atom. The fourth-order valence-electron chi connectivity index (χ4n) is 3.43. The number of nitrogens with zero attached hydrogens (tertiary/aromatic N) is 3. The van der Waals surface area contributed by atoms with Crippen LogP contribution >= 0.6 is 0 Å². The maximum atomic E-state index is 12.9. The molecule has 0 aliphatic carbocycles. The molecule has 30 heavy (non-hydrogen) atoms. The Bertz CT molecular complexity index is 937. The van der Waals surface area contributed by atoms with Gasteiger partial charge in [-0.3, -0.25) is 14.6 Å². The van der Waals surface area contributed by atoms with Crippen LogP contribution < -0.4 is 4.74 Å². The van der Waals surface area contributed by atoms with E-state index in [4.69, 9.17) is 4.74 Å². The molecule has 0 spiro atoms. The summed E-state index contributed by atoms with van der Waals surface area (Å²) in [6, 6.07) is 9.68. The van der Waals surface area contributed by atoms with E-state index in [-0.39, 0.29) is 17.4 Å². The molecule has 1 amide bonds. The molecule has 1 aliphatic heterocycles. The lowest BCUT2D eigenvalue weighted by Crippen LogP contribution is -2.35. The number of aliphatic hydroxyl groups is 1. The fraction of sp³-hybridized carbons (Fsp3) is 0.348. The Balaban J connectivity index is 2.05. The normalized spacial score (nSPS) is 18.5. The highest BCUT2D eigenvalue weighted by molar-refractivity contribution is 6.46. The van der Waals surface area contributed by atoms with Gasteiger partial charge in [-0.1, -0.05) is 0 Å². The van der Waals surface area contributed by atoms with Gasteiger partial charge in [-0.2, -0.15) is 0 Å². The third-order valence-corrected chi connectivity index (χ3v) is 4.85. The van der Waals surface area contributed by atoms with E-state index >= 15 is 0 Å². The first-order valence-corrected chi connectivity index (χ1v) is 9.89. The SMILES string of the molecule is CC(C)Oc1ccc(C(O)=C2C(=O)C(=O)N(CCN(C)C)[C@@H]2c2ccncc2)cc1. The second kappa shape index (κ2) is 9.09. The third-order valence-electron chi connectivity index (χ3n) is 4.85. The van der Waals surface area contributed by atoms with Crippen LogP contribution in [0.5, 0.6) is 5.75 Å². The molecule has 2 heterocycles. The van der Waals surface area contributed by atoms with Crippen molar-refractivity contribution in [1.29, 1.82) is 0 Å². The smallest absolute Gasteiger partial charge is 0.295 e. The van der Waals surface area contributed by atoms with Gasteiger partial charge in [0.2, 0.25) is 0 Å². The summed E-state index contributed by atoms with van der Waals surface area (Å²) in [5.41, 5.74) is 1.27. The summed E-state index contributed by atoms with van der Waals surface area (Å²) >= 11 is 0. The van der Waals surface area contributed by atoms with Gasteiger partial charge in [0.05, 0.1) is 17.7 Å². The first kappa shape index (κ1) is 21.5. The lowest BCUT2D eigenvalue weighted by molar-refractivity contribution is -0.140. The molecule has 1 atom stereocenters. The van der Waals surface area contributed by atoms with Gasteiger partial charge in [0.25, 0.3) is 11.7 Å². The fourth-order valence-corrected chi connectivity index (χ4v) is 3.43. The number of ketones is 1. The topological polar surface area (TPSA) is 83.0 Å². The maximum absolute atomic E-state index is 12.9. The highest BCUT2D eigenvalue weighted by atomic mass is 16.5. The van der Waals surface area contributed by atoms with Gasteiger partial charge in [-0.05, 0) is 69.9 Å². The van der Waals surface area contributed by atoms with Crippen molar-refractivity contribution in [3.05, 3.63) is 65.5 Å². The number of rotatable bonds is 7. The number of carbonyl (C=O) groups is 2. The second-order valence-electron chi connectivity index (χ2n) is 7.77. The first-order chi connectivity index (χ1) is 14.3. The molecular formula is C23H27N3O4. The van der Waals surface area contributed by atoms with E-state index in [1.54, 1.807) is 48.8 Å². The predicted molar refractivity (Wildman–Crippen MR) is 114 cm³/mol. The number of aromatic nitrogens is 1. The molecule has 0 bridgehead atoms. The molecule has 1 aromatic carbocycles. The average Bonchev–Trinajstić information content (AvgIpc) is 2.97. The summed E-state index contributed by atoms with van der Waals surface area (Å²) in [5, 5.41) is 11.0. The quantitative estimate of drug-likeness (QED) is 0.430. The summed E-state index contributed by atoms with van der Waals surface area (Å²) in [5.74, 6) is -0.826. The summed E-state index contributed by atoms with van der Waals surface area (Å²) in [7, 11) is 3.80. The van der Waals surface area contributed by atoms with Gasteiger partial charge in [0.15, 0.2) is 0 Å². The highest BCUT2D eigenvalue weighted by Gasteiger charge is 2.45. The van der Waals surface area contributed by atoms with Crippen LogP contribution in [0.4, 0.5) is 0 Å². The van der Waals surface area contributed by atoms with Crippen molar-refractivity contribution in [2.75, 3.05) is 27.2 Å². The molecule has 1 N–H and O–H groups in total. The number of aliphatic hydroxyl groups excluding tert-OH is 1. The van der Waals surface area contributed by atoms with E-state index in [1.165, 1.54) is 4.90 Å². The zero-order valence-corrected chi connectivity index (χ0v) is 17.7. The molecule has 1 aromatic heterocycles. The van der Waals surface area contributed by atoms with Crippen LogP contribution in [0.25, 0.3) is 5.76 Å². The minimum Gasteiger partial charge on any atom is -0.507 e. The lowest BCUT2D eigenvalue weighted by atomic mass is 9.96. The summed E-state index contributed by atoms with van der Waals surface area (Å²) in [6.07, 6.45) is 3.25. The van der Waals surface area contributed by atoms with Crippen molar-refractivity contribution < 1.29 is 19.4 Å². The minimum atomic E-state index is -0.685. The Hall–Kier alpha value is -3.19. The molecule has 3 rings (SSSR count). The van der Waals surface area contributed by atoms with Crippen LogP contribution in [-0.2, 0) is 9.59 Å². The number of hydrogen-bond acceptors (Lipinski definition) is 6. The number of benzene rings is 1. The molecule has 7 nitrogen and oxygen atoms in total. The molecule has 158 valence electrons. The van der Waals surface area contributed by atoms with Crippen molar-refractivity contribution >= 4 is 17.4 Å². The highest BCUT2D eigenvalue weighted by Crippen LogP contribution is 2.39. The van der Waals surface area contributed by atoms with E-state index in [2.05, 4.69) is 4.98 Å². The van der Waals surface area contributed by atoms with Crippen LogP contribution in [0.2, 0.25) is 0 Å². The molecule has 1 aliphatic rings. The van der Waals surface area contributed by atoms with Crippen molar-refractivity contribution in [3.8, 4) is 5.75 Å². The van der Waals surface area contributed by atoms with Gasteiger partial charge >= 0.3 is 0 Å². The molecule has 1 fully saturated rings. The van der Waals surface area contributed by atoms with Gasteiger partial charge in [-0.25, -0.2) is 0 Å². The zero-order valence-electron chi connectivity index (χ0n) is 17.7. The van der Waals surface area contributed by atoms with E-state index in [0.29, 0.717) is 24.4 Å². The van der Waals surface area contributed by atoms with E-state index in [0.717, 1.165) is 5.56 Å². The number of likely N-dealkylation sites (N-methyl/N-ethyl adjacent to an activating group) is 1. The van der Waals surface area contributed by atoms with Crippen LogP contribution in [0.3, 0.4) is 0 Å². The van der Waals surface area contributed by atoms with Crippen LogP contribution in [0, 0.1) is 0 Å². The number of likely N-dealkylation sites (tertiary alicyclic amines) is 1. The van der Waals surface area contributed by atoms with E-state index in [9.17, 15) is 14.7 Å². The van der Waals surface area contributed by atoms with Crippen LogP contribution in [-0.4, -0.2) is 64.9 Å². The summed E-state index contributed by atoms with van der Waals surface area (Å²) < 4.78 is 5.64. The maximum Gasteiger partial charge on any atom is 0.295 e. The minimum absolute atomic E-state index is 0.0261. The third kappa shape index (κ3) is 4.52. The lowest BCUT2D eigenvalue weighted by Gasteiger charge is -2.26. The Morgan fingerprint density at radius 1 is 1.13 bits per heavy atom. The van der Waals surface area contributed by atoms with Crippen LogP contribution in [0.1, 0.15) is 31.0 Å². The van der Waals surface area contributed by atoms with E-state index in [1.807, 2.05) is 32.8 Å². The number of ether oxygens (including phenoxy) is 1. The average molecular weight is 409 g/mol. The van der Waals surface area contributed by atoms with E-state index < -0.39 is 17.7 Å². The van der Waals surface area contributed by atoms with Crippen LogP contribution in [0.15, 0.2) is 54.4 Å². The molecule has 2 aromatic rings. The van der Waals surface area contributed by atoms with Crippen molar-refractivity contribution in [3.63, 3.8) is 0 Å². The zero-order chi connectivity index (χ0) is 21.8. The standard InChI is InChI=1S/C23H27N3O4/c1-15(2)30-18-7-5-17(6-8-18)21(27)19-20(16-9-11-24-12-10-16)26(14-13-25(3)4)23(29)22(19)28/h5-12,15,20,27H,13-14H2,1-4H3/t20-/m1/s1. The number of pyridine rings is 1. The number of amides is 1. The predicted octanol–water partition coefficient (Wildman–Crippen LogP) is 2.85. The van der Waals surface area contributed by atoms with Gasteiger partial charge in [-0.15, -0.1) is 0 Å². The Labute approximate surface area is 176 Å². The first-order valence-electron chi connectivity index (χ1n) is 9.89. The Morgan fingerprint density at radius 3 is 2.33 bits per heavy atom. The van der Waals surface area contributed by atoms with Gasteiger partial charge in [0.1, 0.15) is 11.5 Å². The monoisotopic (exact) mass is 409 g/mol. The number of hydrogen-bond donors (Lipinski definition) is 1. The number of Topliss-reactive ketones (excluding diaryl/α,β-unsaturated/α-hetero) is 1. The molecule has 0 saturated carbocycles.